The van der Waals surface area contributed by atoms with Crippen molar-refractivity contribution in [1.29, 1.82) is 0 Å². The Balaban J connectivity index is 1.60. The third-order valence-corrected chi connectivity index (χ3v) is 3.94. The summed E-state index contributed by atoms with van der Waals surface area (Å²) in [4.78, 5) is 4.62. The minimum Gasteiger partial charge on any atom is -0.483 e. The Morgan fingerprint density at radius 2 is 2.22 bits per heavy atom. The van der Waals surface area contributed by atoms with Crippen molar-refractivity contribution >= 4 is 5.84 Å². The summed E-state index contributed by atoms with van der Waals surface area (Å²) >= 11 is 0. The molecule has 1 aromatic carbocycles. The minimum absolute atomic E-state index is 0.209. The van der Waals surface area contributed by atoms with Gasteiger partial charge in [-0.15, -0.1) is 10.2 Å². The number of rotatable bonds is 2. The first-order chi connectivity index (χ1) is 11.1. The lowest BCUT2D eigenvalue weighted by atomic mass is 10.0. The highest BCUT2D eigenvalue weighted by Crippen LogP contribution is 2.37. The number of hydrogen-bond donors (Lipinski definition) is 2. The first kappa shape index (κ1) is 14.0. The molecule has 7 heteroatoms. The van der Waals surface area contributed by atoms with Gasteiger partial charge in [0.25, 0.3) is 0 Å². The maximum absolute atomic E-state index is 13.7. The average molecular weight is 313 g/mol. The van der Waals surface area contributed by atoms with Crippen molar-refractivity contribution in [3.05, 3.63) is 58.7 Å². The Labute approximate surface area is 132 Å². The number of hydrazone groups is 1. The number of hydrazine groups is 2. The number of benzene rings is 1. The Morgan fingerprint density at radius 3 is 3.00 bits per heavy atom. The number of nitrogens with zero attached hydrogens (tertiary/aromatic N) is 3. The van der Waals surface area contributed by atoms with E-state index in [4.69, 9.17) is 4.74 Å². The lowest BCUT2D eigenvalue weighted by molar-refractivity contribution is 0.230. The lowest BCUT2D eigenvalue weighted by Gasteiger charge is -2.12. The molecule has 6 nitrogen and oxygen atoms in total. The molecule has 1 atom stereocenters. The van der Waals surface area contributed by atoms with E-state index in [1.165, 1.54) is 6.07 Å². The van der Waals surface area contributed by atoms with Gasteiger partial charge in [0.15, 0.2) is 5.84 Å². The van der Waals surface area contributed by atoms with Crippen molar-refractivity contribution in [2.24, 2.45) is 5.10 Å². The van der Waals surface area contributed by atoms with Gasteiger partial charge in [-0.1, -0.05) is 6.07 Å². The second kappa shape index (κ2) is 5.20. The first-order valence-corrected chi connectivity index (χ1v) is 7.37. The SMILES string of the molecule is Cc1cc2c(cc1F)OC(c1cccc(C3=NNN(C)N3)n1)C2. The molecular formula is C16H16FN5O. The zero-order valence-corrected chi connectivity index (χ0v) is 12.8. The molecular weight excluding hydrogens is 297 g/mol. The number of amidine groups is 1. The molecule has 4 rings (SSSR count). The van der Waals surface area contributed by atoms with Crippen LogP contribution in [-0.2, 0) is 6.42 Å². The van der Waals surface area contributed by atoms with E-state index in [-0.39, 0.29) is 11.9 Å². The van der Waals surface area contributed by atoms with Crippen LogP contribution in [0.15, 0.2) is 35.4 Å². The highest BCUT2D eigenvalue weighted by atomic mass is 19.1. The monoisotopic (exact) mass is 313 g/mol. The van der Waals surface area contributed by atoms with Gasteiger partial charge in [0, 0.05) is 19.5 Å². The number of pyridine rings is 1. The molecule has 0 amide bonds. The van der Waals surface area contributed by atoms with Gasteiger partial charge in [0.05, 0.1) is 5.69 Å². The van der Waals surface area contributed by atoms with E-state index in [0.29, 0.717) is 23.6 Å². The maximum atomic E-state index is 13.7. The normalized spacial score (nSPS) is 19.6. The summed E-state index contributed by atoms with van der Waals surface area (Å²) in [6.45, 7) is 1.76. The van der Waals surface area contributed by atoms with Crippen LogP contribution in [0, 0.1) is 12.7 Å². The number of fused-ring (bicyclic) bond motifs is 1. The summed E-state index contributed by atoms with van der Waals surface area (Å²) in [5.74, 6) is 1.000. The highest BCUT2D eigenvalue weighted by Gasteiger charge is 2.27. The fourth-order valence-electron chi connectivity index (χ4n) is 2.76. The van der Waals surface area contributed by atoms with E-state index in [2.05, 4.69) is 21.0 Å². The van der Waals surface area contributed by atoms with E-state index < -0.39 is 0 Å². The third-order valence-electron chi connectivity index (χ3n) is 3.94. The van der Waals surface area contributed by atoms with Crippen molar-refractivity contribution in [3.8, 4) is 5.75 Å². The summed E-state index contributed by atoms with van der Waals surface area (Å²) in [5.41, 5.74) is 8.99. The van der Waals surface area contributed by atoms with E-state index >= 15 is 0 Å². The first-order valence-electron chi connectivity index (χ1n) is 7.37. The number of halogens is 1. The predicted molar refractivity (Wildman–Crippen MR) is 83.0 cm³/mol. The Morgan fingerprint density at radius 1 is 1.35 bits per heavy atom. The van der Waals surface area contributed by atoms with Gasteiger partial charge in [-0.05, 0) is 36.2 Å². The number of aromatic nitrogens is 1. The number of nitrogens with one attached hydrogen (secondary N) is 2. The molecule has 2 aliphatic heterocycles. The lowest BCUT2D eigenvalue weighted by Crippen LogP contribution is -2.38. The molecule has 0 saturated heterocycles. The van der Waals surface area contributed by atoms with E-state index in [1.807, 2.05) is 31.3 Å². The highest BCUT2D eigenvalue weighted by molar-refractivity contribution is 5.97. The van der Waals surface area contributed by atoms with Gasteiger partial charge in [-0.3, -0.25) is 5.43 Å². The molecule has 0 bridgehead atoms. The van der Waals surface area contributed by atoms with Gasteiger partial charge in [-0.25, -0.2) is 14.9 Å². The fraction of sp³-hybridized carbons (Fsp3) is 0.250. The van der Waals surface area contributed by atoms with Crippen molar-refractivity contribution in [3.63, 3.8) is 0 Å². The van der Waals surface area contributed by atoms with Crippen LogP contribution in [0.5, 0.6) is 5.75 Å². The van der Waals surface area contributed by atoms with Crippen LogP contribution in [-0.4, -0.2) is 23.0 Å². The number of hydrogen-bond acceptors (Lipinski definition) is 6. The molecule has 118 valence electrons. The smallest absolute Gasteiger partial charge is 0.189 e. The van der Waals surface area contributed by atoms with E-state index in [1.54, 1.807) is 12.0 Å². The van der Waals surface area contributed by atoms with Crippen molar-refractivity contribution in [1.82, 2.24) is 21.1 Å². The second-order valence-corrected chi connectivity index (χ2v) is 5.70. The topological polar surface area (TPSA) is 61.8 Å². The van der Waals surface area contributed by atoms with E-state index in [9.17, 15) is 4.39 Å². The summed E-state index contributed by atoms with van der Waals surface area (Å²) in [6, 6.07) is 9.00. The molecule has 0 saturated carbocycles. The minimum atomic E-state index is -0.246. The third kappa shape index (κ3) is 2.49. The molecule has 2 aliphatic rings. The van der Waals surface area contributed by atoms with Gasteiger partial charge in [0.2, 0.25) is 0 Å². The van der Waals surface area contributed by atoms with Gasteiger partial charge in [-0.2, -0.15) is 0 Å². The van der Waals surface area contributed by atoms with Crippen LogP contribution in [0.3, 0.4) is 0 Å². The average Bonchev–Trinajstić information content (AvgIpc) is 3.14. The summed E-state index contributed by atoms with van der Waals surface area (Å²) in [7, 11) is 1.81. The second-order valence-electron chi connectivity index (χ2n) is 5.70. The quantitative estimate of drug-likeness (QED) is 0.885. The summed E-state index contributed by atoms with van der Waals surface area (Å²) in [5, 5.41) is 5.78. The molecule has 2 N–H and O–H groups in total. The Bertz CT molecular complexity index is 776. The number of aryl methyl sites for hydroxylation is 1. The largest absolute Gasteiger partial charge is 0.483 e. The zero-order chi connectivity index (χ0) is 16.0. The van der Waals surface area contributed by atoms with Crippen LogP contribution in [0.4, 0.5) is 4.39 Å². The van der Waals surface area contributed by atoms with Crippen LogP contribution < -0.4 is 15.7 Å². The van der Waals surface area contributed by atoms with Crippen molar-refractivity contribution in [2.75, 3.05) is 7.05 Å². The Hall–Kier alpha value is -2.67. The standard InChI is InChI=1S/C16H16FN5O/c1-9-6-10-7-15(23-14(10)8-11(9)17)12-4-3-5-13(18-12)16-19-21-22(2)20-16/h3-6,8,15,21H,7H2,1-2H3,(H,19,20). The van der Waals surface area contributed by atoms with Crippen LogP contribution in [0.1, 0.15) is 28.6 Å². The van der Waals surface area contributed by atoms with Gasteiger partial charge >= 0.3 is 0 Å². The zero-order valence-electron chi connectivity index (χ0n) is 12.8. The molecule has 0 aliphatic carbocycles. The molecule has 1 unspecified atom stereocenters. The molecule has 1 aromatic heterocycles. The molecule has 0 spiro atoms. The fourth-order valence-corrected chi connectivity index (χ4v) is 2.76. The van der Waals surface area contributed by atoms with Crippen LogP contribution in [0.25, 0.3) is 0 Å². The molecule has 0 fully saturated rings. The molecule has 23 heavy (non-hydrogen) atoms. The maximum Gasteiger partial charge on any atom is 0.189 e. The van der Waals surface area contributed by atoms with Crippen LogP contribution >= 0.6 is 0 Å². The van der Waals surface area contributed by atoms with Crippen molar-refractivity contribution < 1.29 is 9.13 Å². The molecule has 0 radical (unpaired) electrons. The van der Waals surface area contributed by atoms with Crippen LogP contribution in [0.2, 0.25) is 0 Å². The van der Waals surface area contributed by atoms with Gasteiger partial charge in [0.1, 0.15) is 23.4 Å². The molecule has 3 heterocycles. The van der Waals surface area contributed by atoms with Crippen molar-refractivity contribution in [2.45, 2.75) is 19.4 Å². The summed E-state index contributed by atoms with van der Waals surface area (Å²) in [6.07, 6.45) is 0.476. The number of ether oxygens (including phenoxy) is 1. The Kier molecular flexibility index (Phi) is 3.16. The van der Waals surface area contributed by atoms with E-state index in [0.717, 1.165) is 17.0 Å². The molecule has 2 aromatic rings. The van der Waals surface area contributed by atoms with Gasteiger partial charge < -0.3 is 4.74 Å². The predicted octanol–water partition coefficient (Wildman–Crippen LogP) is 1.82. The summed E-state index contributed by atoms with van der Waals surface area (Å²) < 4.78 is 19.6.